The van der Waals surface area contributed by atoms with Crippen molar-refractivity contribution in [2.75, 3.05) is 40.4 Å². The first kappa shape index (κ1) is 22.2. The van der Waals surface area contributed by atoms with E-state index < -0.39 is 12.1 Å². The molecule has 0 aliphatic carbocycles. The van der Waals surface area contributed by atoms with E-state index in [-0.39, 0.29) is 25.6 Å². The standard InChI is InChI=1S/C17H32N2O5/c1-5-7-8-9-10-11-12-24-16(21)14-18(3)15(20)13-19(4)17(22)23-6-2/h5-14H2,1-4H3. The molecule has 2 amide bonds. The fourth-order valence-corrected chi connectivity index (χ4v) is 2.02. The molecule has 0 N–H and O–H groups in total. The van der Waals surface area contributed by atoms with Crippen LogP contribution >= 0.6 is 0 Å². The third kappa shape index (κ3) is 10.9. The number of rotatable bonds is 12. The molecule has 0 fully saturated rings. The Labute approximate surface area is 145 Å². The Kier molecular flexibility index (Phi) is 12.6. The van der Waals surface area contributed by atoms with Gasteiger partial charge in [-0.3, -0.25) is 9.59 Å². The summed E-state index contributed by atoms with van der Waals surface area (Å²) in [7, 11) is 2.98. The van der Waals surface area contributed by atoms with E-state index in [4.69, 9.17) is 9.47 Å². The molecule has 0 aromatic heterocycles. The van der Waals surface area contributed by atoms with Crippen LogP contribution in [-0.4, -0.2) is 68.2 Å². The van der Waals surface area contributed by atoms with Gasteiger partial charge in [0.1, 0.15) is 13.1 Å². The molecule has 0 rings (SSSR count). The minimum Gasteiger partial charge on any atom is -0.464 e. The quantitative estimate of drug-likeness (QED) is 0.401. The number of nitrogens with zero attached hydrogens (tertiary/aromatic N) is 2. The van der Waals surface area contributed by atoms with Crippen molar-refractivity contribution in [2.24, 2.45) is 0 Å². The maximum Gasteiger partial charge on any atom is 0.409 e. The normalized spacial score (nSPS) is 10.2. The summed E-state index contributed by atoms with van der Waals surface area (Å²) in [5.74, 6) is -0.778. The number of esters is 1. The van der Waals surface area contributed by atoms with Crippen molar-refractivity contribution < 1.29 is 23.9 Å². The highest BCUT2D eigenvalue weighted by molar-refractivity contribution is 5.85. The Morgan fingerprint density at radius 1 is 0.792 bits per heavy atom. The fraction of sp³-hybridized carbons (Fsp3) is 0.824. The zero-order valence-corrected chi connectivity index (χ0v) is 15.5. The lowest BCUT2D eigenvalue weighted by Crippen LogP contribution is -2.41. The van der Waals surface area contributed by atoms with Gasteiger partial charge in [-0.1, -0.05) is 39.0 Å². The molecule has 0 bridgehead atoms. The highest BCUT2D eigenvalue weighted by atomic mass is 16.6. The predicted molar refractivity (Wildman–Crippen MR) is 91.6 cm³/mol. The maximum atomic E-state index is 11.9. The van der Waals surface area contributed by atoms with Gasteiger partial charge in [-0.05, 0) is 13.3 Å². The van der Waals surface area contributed by atoms with Crippen molar-refractivity contribution in [1.82, 2.24) is 9.80 Å². The van der Waals surface area contributed by atoms with E-state index in [1.165, 1.54) is 43.2 Å². The molecule has 0 aromatic rings. The number of carbonyl (C=O) groups excluding carboxylic acids is 3. The van der Waals surface area contributed by atoms with Gasteiger partial charge in [0.25, 0.3) is 0 Å². The highest BCUT2D eigenvalue weighted by Crippen LogP contribution is 2.05. The van der Waals surface area contributed by atoms with Gasteiger partial charge in [0.2, 0.25) is 5.91 Å². The summed E-state index contributed by atoms with van der Waals surface area (Å²) < 4.78 is 9.91. The molecule has 7 nitrogen and oxygen atoms in total. The number of hydrogen-bond donors (Lipinski definition) is 0. The molecule has 0 atom stereocenters. The third-order valence-corrected chi connectivity index (χ3v) is 3.50. The van der Waals surface area contributed by atoms with Crippen LogP contribution in [0.5, 0.6) is 0 Å². The Bertz CT molecular complexity index is 387. The number of unbranched alkanes of at least 4 members (excludes halogenated alkanes) is 5. The maximum absolute atomic E-state index is 11.9. The molecule has 0 radical (unpaired) electrons. The first-order chi connectivity index (χ1) is 11.4. The third-order valence-electron chi connectivity index (χ3n) is 3.50. The molecule has 0 aliphatic heterocycles. The lowest BCUT2D eigenvalue weighted by atomic mass is 10.1. The highest BCUT2D eigenvalue weighted by Gasteiger charge is 2.18. The number of likely N-dealkylation sites (N-methyl/N-ethyl adjacent to an activating group) is 2. The SMILES string of the molecule is CCCCCCCCOC(=O)CN(C)C(=O)CN(C)C(=O)OCC. The molecule has 7 heteroatoms. The van der Waals surface area contributed by atoms with Gasteiger partial charge < -0.3 is 19.3 Å². The van der Waals surface area contributed by atoms with E-state index in [0.717, 1.165) is 19.3 Å². The van der Waals surface area contributed by atoms with Crippen LogP contribution in [0.4, 0.5) is 4.79 Å². The smallest absolute Gasteiger partial charge is 0.409 e. The van der Waals surface area contributed by atoms with E-state index in [1.807, 2.05) is 0 Å². The first-order valence-corrected chi connectivity index (χ1v) is 8.69. The molecule has 0 heterocycles. The summed E-state index contributed by atoms with van der Waals surface area (Å²) in [5, 5.41) is 0. The Hall–Kier alpha value is -1.79. The molecule has 0 spiro atoms. The van der Waals surface area contributed by atoms with Crippen LogP contribution in [0.25, 0.3) is 0 Å². The predicted octanol–water partition coefficient (Wildman–Crippen LogP) is 2.44. The number of hydrogen-bond acceptors (Lipinski definition) is 5. The van der Waals surface area contributed by atoms with E-state index >= 15 is 0 Å². The largest absolute Gasteiger partial charge is 0.464 e. The average molecular weight is 344 g/mol. The Balaban J connectivity index is 3.87. The van der Waals surface area contributed by atoms with Crippen LogP contribution < -0.4 is 0 Å². The zero-order valence-electron chi connectivity index (χ0n) is 15.5. The minimum absolute atomic E-state index is 0.120. The first-order valence-electron chi connectivity index (χ1n) is 8.69. The minimum atomic E-state index is -0.565. The summed E-state index contributed by atoms with van der Waals surface area (Å²) in [5.41, 5.74) is 0. The van der Waals surface area contributed by atoms with Crippen molar-refractivity contribution in [3.63, 3.8) is 0 Å². The second-order valence-corrected chi connectivity index (χ2v) is 5.79. The van der Waals surface area contributed by atoms with Gasteiger partial charge >= 0.3 is 12.1 Å². The van der Waals surface area contributed by atoms with E-state index in [1.54, 1.807) is 6.92 Å². The lowest BCUT2D eigenvalue weighted by Gasteiger charge is -2.21. The number of carbonyl (C=O) groups is 3. The Morgan fingerprint density at radius 3 is 2.04 bits per heavy atom. The zero-order chi connectivity index (χ0) is 18.4. The number of ether oxygens (including phenoxy) is 2. The molecule has 24 heavy (non-hydrogen) atoms. The Morgan fingerprint density at radius 2 is 1.42 bits per heavy atom. The van der Waals surface area contributed by atoms with Gasteiger partial charge in [0, 0.05) is 14.1 Å². The van der Waals surface area contributed by atoms with Gasteiger partial charge in [-0.2, -0.15) is 0 Å². The van der Waals surface area contributed by atoms with Gasteiger partial charge in [0.15, 0.2) is 0 Å². The van der Waals surface area contributed by atoms with Crippen molar-refractivity contribution >= 4 is 18.0 Å². The van der Waals surface area contributed by atoms with Crippen molar-refractivity contribution in [3.8, 4) is 0 Å². The van der Waals surface area contributed by atoms with Crippen LogP contribution in [0.1, 0.15) is 52.4 Å². The summed E-state index contributed by atoms with van der Waals surface area (Å²) in [6, 6.07) is 0. The van der Waals surface area contributed by atoms with Crippen LogP contribution in [0.15, 0.2) is 0 Å². The van der Waals surface area contributed by atoms with E-state index in [0.29, 0.717) is 6.61 Å². The summed E-state index contributed by atoms with van der Waals surface area (Å²) in [6.45, 7) is 4.24. The molecule has 0 aliphatic rings. The lowest BCUT2D eigenvalue weighted by molar-refractivity contribution is -0.148. The van der Waals surface area contributed by atoms with Crippen LogP contribution in [-0.2, 0) is 19.1 Å². The molecule has 0 unspecified atom stereocenters. The second kappa shape index (κ2) is 13.6. The topological polar surface area (TPSA) is 76.2 Å². The van der Waals surface area contributed by atoms with Crippen molar-refractivity contribution in [3.05, 3.63) is 0 Å². The molecule has 140 valence electrons. The molecular weight excluding hydrogens is 312 g/mol. The second-order valence-electron chi connectivity index (χ2n) is 5.79. The van der Waals surface area contributed by atoms with Crippen molar-refractivity contribution in [2.45, 2.75) is 52.4 Å². The molecule has 0 saturated carbocycles. The summed E-state index contributed by atoms with van der Waals surface area (Å²) >= 11 is 0. The van der Waals surface area contributed by atoms with Gasteiger partial charge in [0.05, 0.1) is 13.2 Å². The number of amides is 2. The van der Waals surface area contributed by atoms with Gasteiger partial charge in [-0.25, -0.2) is 4.79 Å². The van der Waals surface area contributed by atoms with E-state index in [9.17, 15) is 14.4 Å². The molecular formula is C17H32N2O5. The monoisotopic (exact) mass is 344 g/mol. The fourth-order valence-electron chi connectivity index (χ4n) is 2.02. The van der Waals surface area contributed by atoms with E-state index in [2.05, 4.69) is 6.92 Å². The van der Waals surface area contributed by atoms with Gasteiger partial charge in [-0.15, -0.1) is 0 Å². The van der Waals surface area contributed by atoms with Crippen LogP contribution in [0, 0.1) is 0 Å². The van der Waals surface area contributed by atoms with Crippen LogP contribution in [0.3, 0.4) is 0 Å². The average Bonchev–Trinajstić information content (AvgIpc) is 2.53. The van der Waals surface area contributed by atoms with Crippen LogP contribution in [0.2, 0.25) is 0 Å². The molecule has 0 saturated heterocycles. The summed E-state index contributed by atoms with van der Waals surface area (Å²) in [6.07, 6.45) is 6.16. The summed E-state index contributed by atoms with van der Waals surface area (Å²) in [4.78, 5) is 37.5. The molecule has 0 aromatic carbocycles. The van der Waals surface area contributed by atoms with Crippen molar-refractivity contribution in [1.29, 1.82) is 0 Å².